The van der Waals surface area contributed by atoms with Crippen molar-refractivity contribution in [1.82, 2.24) is 0 Å². The van der Waals surface area contributed by atoms with Crippen LogP contribution < -0.4 is 0 Å². The highest BCUT2D eigenvalue weighted by atomic mass is 127. The molecule has 112 valence electrons. The van der Waals surface area contributed by atoms with Gasteiger partial charge in [0.2, 0.25) is 0 Å². The molecule has 0 heterocycles. The summed E-state index contributed by atoms with van der Waals surface area (Å²) in [6.45, 7) is 8.94. The maximum Gasteiger partial charge on any atom is 0.0838 e. The van der Waals surface area contributed by atoms with Gasteiger partial charge in [-0.25, -0.2) is 0 Å². The molecule has 0 aromatic heterocycles. The van der Waals surface area contributed by atoms with E-state index in [1.54, 1.807) is 0 Å². The maximum atomic E-state index is 6.78. The molecule has 21 heavy (non-hydrogen) atoms. The summed E-state index contributed by atoms with van der Waals surface area (Å²) in [6.07, 6.45) is 0. The van der Waals surface area contributed by atoms with Crippen LogP contribution in [0.25, 0.3) is 0 Å². The molecule has 0 amide bonds. The lowest BCUT2D eigenvalue weighted by Crippen LogP contribution is -2.03. The van der Waals surface area contributed by atoms with Crippen LogP contribution >= 0.6 is 34.2 Å². The summed E-state index contributed by atoms with van der Waals surface area (Å²) in [5.41, 5.74) is 5.15. The molecule has 1 unspecified atom stereocenters. The van der Waals surface area contributed by atoms with Crippen molar-refractivity contribution >= 4 is 34.2 Å². The first kappa shape index (κ1) is 16.8. The molecular formula is C19H22ClI. The summed E-state index contributed by atoms with van der Waals surface area (Å²) in [5, 5.41) is -0.0849. The molecule has 0 spiro atoms. The molecule has 0 aliphatic heterocycles. The van der Waals surface area contributed by atoms with Crippen molar-refractivity contribution in [3.05, 3.63) is 68.3 Å². The Balaban J connectivity index is 2.47. The highest BCUT2D eigenvalue weighted by Crippen LogP contribution is 2.36. The second-order valence-electron chi connectivity index (χ2n) is 6.12. The summed E-state index contributed by atoms with van der Waals surface area (Å²) in [7, 11) is 0. The van der Waals surface area contributed by atoms with Gasteiger partial charge < -0.3 is 0 Å². The smallest absolute Gasteiger partial charge is 0.0838 e. The van der Waals surface area contributed by atoms with Gasteiger partial charge in [-0.1, -0.05) is 58.0 Å². The Morgan fingerprint density at radius 3 is 2.10 bits per heavy atom. The van der Waals surface area contributed by atoms with Crippen molar-refractivity contribution in [3.63, 3.8) is 0 Å². The molecule has 0 fully saturated rings. The summed E-state index contributed by atoms with van der Waals surface area (Å²) in [4.78, 5) is 0. The van der Waals surface area contributed by atoms with E-state index in [0.29, 0.717) is 11.8 Å². The van der Waals surface area contributed by atoms with Crippen LogP contribution in [-0.4, -0.2) is 0 Å². The van der Waals surface area contributed by atoms with Crippen molar-refractivity contribution in [2.75, 3.05) is 0 Å². The van der Waals surface area contributed by atoms with Crippen LogP contribution in [0.2, 0.25) is 0 Å². The lowest BCUT2D eigenvalue weighted by atomic mass is 9.89. The Hall–Kier alpha value is -0.540. The van der Waals surface area contributed by atoms with Crippen LogP contribution in [0, 0.1) is 3.57 Å². The average molecular weight is 413 g/mol. The van der Waals surface area contributed by atoms with Crippen LogP contribution in [0.1, 0.15) is 67.2 Å². The number of hydrogen-bond acceptors (Lipinski definition) is 0. The van der Waals surface area contributed by atoms with Crippen LogP contribution in [0.3, 0.4) is 0 Å². The third kappa shape index (κ3) is 4.01. The number of halogens is 2. The first-order valence-corrected chi connectivity index (χ1v) is 8.95. The van der Waals surface area contributed by atoms with E-state index in [1.165, 1.54) is 25.8 Å². The van der Waals surface area contributed by atoms with Gasteiger partial charge in [0.05, 0.1) is 5.38 Å². The fourth-order valence-electron chi connectivity index (χ4n) is 2.53. The number of hydrogen-bond donors (Lipinski definition) is 0. The molecule has 0 N–H and O–H groups in total. The molecule has 2 aromatic rings. The lowest BCUT2D eigenvalue weighted by Gasteiger charge is -2.20. The van der Waals surface area contributed by atoms with Gasteiger partial charge in [0.25, 0.3) is 0 Å². The molecule has 2 heteroatoms. The van der Waals surface area contributed by atoms with Crippen molar-refractivity contribution in [3.8, 4) is 0 Å². The molecule has 0 saturated carbocycles. The van der Waals surface area contributed by atoms with E-state index in [2.05, 4.69) is 92.8 Å². The largest absolute Gasteiger partial charge is 0.113 e. The lowest BCUT2D eigenvalue weighted by molar-refractivity contribution is 0.818. The summed E-state index contributed by atoms with van der Waals surface area (Å²) in [6, 6.07) is 15.2. The second kappa shape index (κ2) is 7.15. The van der Waals surface area contributed by atoms with Crippen LogP contribution in [-0.2, 0) is 0 Å². The van der Waals surface area contributed by atoms with Gasteiger partial charge in [-0.15, -0.1) is 11.6 Å². The van der Waals surface area contributed by atoms with Gasteiger partial charge in [0, 0.05) is 3.57 Å². The zero-order valence-corrected chi connectivity index (χ0v) is 15.9. The molecule has 0 radical (unpaired) electrons. The monoisotopic (exact) mass is 412 g/mol. The summed E-state index contributed by atoms with van der Waals surface area (Å²) < 4.78 is 1.22. The van der Waals surface area contributed by atoms with E-state index in [4.69, 9.17) is 11.6 Å². The standard InChI is InChI=1S/C19H22ClI/c1-12(2)14-8-9-17(18(11-14)13(3)4)19(20)15-6-5-7-16(21)10-15/h5-13,19H,1-4H3. The first-order chi connectivity index (χ1) is 9.90. The van der Waals surface area contributed by atoms with E-state index in [9.17, 15) is 0 Å². The van der Waals surface area contributed by atoms with E-state index < -0.39 is 0 Å². The Kier molecular flexibility index (Phi) is 5.73. The van der Waals surface area contributed by atoms with E-state index in [1.807, 2.05) is 0 Å². The van der Waals surface area contributed by atoms with Crippen molar-refractivity contribution in [2.24, 2.45) is 0 Å². The fraction of sp³-hybridized carbons (Fsp3) is 0.368. The molecule has 1 atom stereocenters. The maximum absolute atomic E-state index is 6.78. The minimum absolute atomic E-state index is 0.0849. The van der Waals surface area contributed by atoms with Crippen molar-refractivity contribution in [1.29, 1.82) is 0 Å². The van der Waals surface area contributed by atoms with E-state index in [0.717, 1.165) is 0 Å². The number of benzene rings is 2. The van der Waals surface area contributed by atoms with Gasteiger partial charge in [0.15, 0.2) is 0 Å². The zero-order chi connectivity index (χ0) is 15.6. The second-order valence-corrected chi connectivity index (χ2v) is 7.80. The molecular weight excluding hydrogens is 391 g/mol. The topological polar surface area (TPSA) is 0 Å². The molecule has 0 bridgehead atoms. The molecule has 0 aliphatic rings. The highest BCUT2D eigenvalue weighted by Gasteiger charge is 2.18. The molecule has 2 rings (SSSR count). The third-order valence-corrected chi connectivity index (χ3v) is 4.97. The number of alkyl halides is 1. The van der Waals surface area contributed by atoms with E-state index >= 15 is 0 Å². The predicted molar refractivity (Wildman–Crippen MR) is 101 cm³/mol. The molecule has 0 nitrogen and oxygen atoms in total. The third-order valence-electron chi connectivity index (χ3n) is 3.81. The van der Waals surface area contributed by atoms with Crippen molar-refractivity contribution in [2.45, 2.75) is 44.9 Å². The van der Waals surface area contributed by atoms with Crippen LogP contribution in [0.5, 0.6) is 0 Å². The normalized spacial score (nSPS) is 13.0. The Morgan fingerprint density at radius 2 is 1.52 bits per heavy atom. The van der Waals surface area contributed by atoms with Gasteiger partial charge in [-0.2, -0.15) is 0 Å². The van der Waals surface area contributed by atoms with Gasteiger partial charge in [-0.3, -0.25) is 0 Å². The molecule has 2 aromatic carbocycles. The Bertz CT molecular complexity index is 617. The minimum Gasteiger partial charge on any atom is -0.113 e. The van der Waals surface area contributed by atoms with E-state index in [-0.39, 0.29) is 5.38 Å². The Morgan fingerprint density at radius 1 is 0.810 bits per heavy atom. The predicted octanol–water partition coefficient (Wildman–Crippen LogP) is 6.87. The van der Waals surface area contributed by atoms with Crippen molar-refractivity contribution < 1.29 is 0 Å². The fourth-order valence-corrected chi connectivity index (χ4v) is 3.43. The summed E-state index contributed by atoms with van der Waals surface area (Å²) >= 11 is 9.12. The van der Waals surface area contributed by atoms with Gasteiger partial charge in [0.1, 0.15) is 0 Å². The zero-order valence-electron chi connectivity index (χ0n) is 13.0. The van der Waals surface area contributed by atoms with Gasteiger partial charge in [-0.05, 0) is 68.8 Å². The SMILES string of the molecule is CC(C)c1ccc(C(Cl)c2cccc(I)c2)c(C(C)C)c1. The Labute approximate surface area is 147 Å². The van der Waals surface area contributed by atoms with Gasteiger partial charge >= 0.3 is 0 Å². The summed E-state index contributed by atoms with van der Waals surface area (Å²) in [5.74, 6) is 1.02. The van der Waals surface area contributed by atoms with Crippen LogP contribution in [0.15, 0.2) is 42.5 Å². The quantitative estimate of drug-likeness (QED) is 0.380. The highest BCUT2D eigenvalue weighted by molar-refractivity contribution is 14.1. The molecule has 0 saturated heterocycles. The minimum atomic E-state index is -0.0849. The molecule has 0 aliphatic carbocycles. The van der Waals surface area contributed by atoms with Crippen LogP contribution in [0.4, 0.5) is 0 Å². The average Bonchev–Trinajstić information content (AvgIpc) is 2.45. The number of rotatable bonds is 4. The first-order valence-electron chi connectivity index (χ1n) is 7.43.